The SMILES string of the molecule is Cc1ccc(-n2nc(C)c(C(=O)OCc3ccncc3)c2Cl)cc1Cl. The number of benzene rings is 1. The molecule has 7 heteroatoms. The minimum Gasteiger partial charge on any atom is -0.457 e. The van der Waals surface area contributed by atoms with E-state index < -0.39 is 5.97 Å². The zero-order valence-electron chi connectivity index (χ0n) is 13.7. The lowest BCUT2D eigenvalue weighted by Gasteiger charge is -2.06. The van der Waals surface area contributed by atoms with Crippen LogP contribution in [0.15, 0.2) is 42.7 Å². The van der Waals surface area contributed by atoms with E-state index in [1.807, 2.05) is 19.1 Å². The summed E-state index contributed by atoms with van der Waals surface area (Å²) >= 11 is 12.5. The van der Waals surface area contributed by atoms with Crippen molar-refractivity contribution in [3.8, 4) is 5.69 Å². The highest BCUT2D eigenvalue weighted by Gasteiger charge is 2.22. The molecule has 1 aromatic carbocycles. The molecule has 0 radical (unpaired) electrons. The number of aryl methyl sites for hydroxylation is 2. The number of carbonyl (C=O) groups is 1. The lowest BCUT2D eigenvalue weighted by atomic mass is 10.2. The zero-order chi connectivity index (χ0) is 18.0. The average Bonchev–Trinajstić information content (AvgIpc) is 2.91. The van der Waals surface area contributed by atoms with Crippen molar-refractivity contribution in [2.24, 2.45) is 0 Å². The Morgan fingerprint density at radius 2 is 1.88 bits per heavy atom. The molecule has 3 aromatic rings. The van der Waals surface area contributed by atoms with Gasteiger partial charge in [-0.05, 0) is 49.2 Å². The van der Waals surface area contributed by atoms with Crippen molar-refractivity contribution in [3.63, 3.8) is 0 Å². The largest absolute Gasteiger partial charge is 0.457 e. The van der Waals surface area contributed by atoms with Crippen molar-refractivity contribution in [2.75, 3.05) is 0 Å². The van der Waals surface area contributed by atoms with E-state index in [0.717, 1.165) is 11.1 Å². The van der Waals surface area contributed by atoms with Crippen LogP contribution in [0.2, 0.25) is 10.2 Å². The Bertz CT molecular complexity index is 924. The van der Waals surface area contributed by atoms with Gasteiger partial charge in [0.15, 0.2) is 0 Å². The second kappa shape index (κ2) is 7.25. The molecule has 0 bridgehead atoms. The molecular formula is C18H15Cl2N3O2. The highest BCUT2D eigenvalue weighted by molar-refractivity contribution is 6.33. The molecule has 25 heavy (non-hydrogen) atoms. The minimum atomic E-state index is -0.524. The smallest absolute Gasteiger partial charge is 0.343 e. The van der Waals surface area contributed by atoms with Crippen molar-refractivity contribution in [1.82, 2.24) is 14.8 Å². The van der Waals surface area contributed by atoms with Gasteiger partial charge in [0.05, 0.1) is 11.4 Å². The number of esters is 1. The summed E-state index contributed by atoms with van der Waals surface area (Å²) in [7, 11) is 0. The molecule has 0 fully saturated rings. The van der Waals surface area contributed by atoms with Gasteiger partial charge < -0.3 is 4.74 Å². The van der Waals surface area contributed by atoms with Gasteiger partial charge in [0.2, 0.25) is 0 Å². The number of hydrogen-bond acceptors (Lipinski definition) is 4. The summed E-state index contributed by atoms with van der Waals surface area (Å²) < 4.78 is 6.81. The summed E-state index contributed by atoms with van der Waals surface area (Å²) in [5.41, 5.74) is 3.20. The van der Waals surface area contributed by atoms with Gasteiger partial charge in [-0.15, -0.1) is 0 Å². The predicted molar refractivity (Wildman–Crippen MR) is 96.4 cm³/mol. The summed E-state index contributed by atoms with van der Waals surface area (Å²) in [4.78, 5) is 16.3. The summed E-state index contributed by atoms with van der Waals surface area (Å²) in [6, 6.07) is 9.01. The molecule has 0 aliphatic rings. The minimum absolute atomic E-state index is 0.138. The van der Waals surface area contributed by atoms with E-state index in [4.69, 9.17) is 27.9 Å². The fourth-order valence-electron chi connectivity index (χ4n) is 2.32. The van der Waals surface area contributed by atoms with Crippen LogP contribution in [-0.4, -0.2) is 20.7 Å². The molecule has 0 saturated heterocycles. The second-order valence-electron chi connectivity index (χ2n) is 5.53. The first-order valence-electron chi connectivity index (χ1n) is 7.55. The van der Waals surface area contributed by atoms with Gasteiger partial charge >= 0.3 is 5.97 Å². The molecule has 0 saturated carbocycles. The molecule has 0 aliphatic heterocycles. The van der Waals surface area contributed by atoms with Gasteiger partial charge in [-0.25, -0.2) is 9.48 Å². The molecule has 0 aliphatic carbocycles. The van der Waals surface area contributed by atoms with Crippen molar-refractivity contribution >= 4 is 29.2 Å². The Labute approximate surface area is 155 Å². The molecule has 0 amide bonds. The first-order chi connectivity index (χ1) is 12.0. The monoisotopic (exact) mass is 375 g/mol. The molecule has 128 valence electrons. The van der Waals surface area contributed by atoms with E-state index in [2.05, 4.69) is 10.1 Å². The van der Waals surface area contributed by atoms with Crippen molar-refractivity contribution in [2.45, 2.75) is 20.5 Å². The van der Waals surface area contributed by atoms with E-state index in [-0.39, 0.29) is 17.3 Å². The molecule has 2 heterocycles. The van der Waals surface area contributed by atoms with Crippen molar-refractivity contribution in [3.05, 3.63) is 75.3 Å². The third-order valence-corrected chi connectivity index (χ3v) is 4.48. The number of ether oxygens (including phenoxy) is 1. The number of nitrogens with zero attached hydrogens (tertiary/aromatic N) is 3. The van der Waals surface area contributed by atoms with Crippen molar-refractivity contribution in [1.29, 1.82) is 0 Å². The molecule has 0 atom stereocenters. The summed E-state index contributed by atoms with van der Waals surface area (Å²) in [6.45, 7) is 3.75. The fourth-order valence-corrected chi connectivity index (χ4v) is 2.84. The molecule has 5 nitrogen and oxygen atoms in total. The first kappa shape index (κ1) is 17.5. The standard InChI is InChI=1S/C18H15Cl2N3O2/c1-11-3-4-14(9-15(11)19)23-17(20)16(12(2)22-23)18(24)25-10-13-5-7-21-8-6-13/h3-9H,10H2,1-2H3. The lowest BCUT2D eigenvalue weighted by Crippen LogP contribution is -2.07. The molecule has 0 unspecified atom stereocenters. The van der Waals surface area contributed by atoms with Crippen LogP contribution in [0, 0.1) is 13.8 Å². The first-order valence-corrected chi connectivity index (χ1v) is 8.30. The second-order valence-corrected chi connectivity index (χ2v) is 6.29. The van der Waals surface area contributed by atoms with Crippen LogP contribution < -0.4 is 0 Å². The maximum Gasteiger partial charge on any atom is 0.343 e. The van der Waals surface area contributed by atoms with Crippen LogP contribution in [0.5, 0.6) is 0 Å². The van der Waals surface area contributed by atoms with Crippen LogP contribution in [0.3, 0.4) is 0 Å². The Morgan fingerprint density at radius 1 is 1.16 bits per heavy atom. The maximum absolute atomic E-state index is 12.4. The lowest BCUT2D eigenvalue weighted by molar-refractivity contribution is 0.0472. The van der Waals surface area contributed by atoms with Gasteiger partial charge in [0.1, 0.15) is 17.3 Å². The third kappa shape index (κ3) is 3.67. The maximum atomic E-state index is 12.4. The van der Waals surface area contributed by atoms with E-state index in [1.165, 1.54) is 4.68 Å². The summed E-state index contributed by atoms with van der Waals surface area (Å²) in [6.07, 6.45) is 3.28. The number of pyridine rings is 1. The quantitative estimate of drug-likeness (QED) is 0.627. The topological polar surface area (TPSA) is 57.0 Å². The Balaban J connectivity index is 1.86. The molecular weight excluding hydrogens is 361 g/mol. The Hall–Kier alpha value is -2.37. The zero-order valence-corrected chi connectivity index (χ0v) is 15.2. The predicted octanol–water partition coefficient (Wildman–Crippen LogP) is 4.55. The van der Waals surface area contributed by atoms with Crippen LogP contribution in [-0.2, 0) is 11.3 Å². The van der Waals surface area contributed by atoms with Crippen LogP contribution >= 0.6 is 23.2 Å². The third-order valence-electron chi connectivity index (χ3n) is 3.73. The summed E-state index contributed by atoms with van der Waals surface area (Å²) in [5, 5.41) is 5.13. The molecule has 3 rings (SSSR count). The van der Waals surface area contributed by atoms with Crippen molar-refractivity contribution < 1.29 is 9.53 Å². The highest BCUT2D eigenvalue weighted by atomic mass is 35.5. The van der Waals surface area contributed by atoms with E-state index in [1.54, 1.807) is 37.5 Å². The number of aromatic nitrogens is 3. The molecule has 2 aromatic heterocycles. The number of rotatable bonds is 4. The molecule has 0 spiro atoms. The number of halogens is 2. The Morgan fingerprint density at radius 3 is 2.56 bits per heavy atom. The van der Waals surface area contributed by atoms with E-state index in [0.29, 0.717) is 16.4 Å². The normalized spacial score (nSPS) is 10.7. The van der Waals surface area contributed by atoms with Crippen LogP contribution in [0.25, 0.3) is 5.69 Å². The van der Waals surface area contributed by atoms with Gasteiger partial charge in [-0.3, -0.25) is 4.98 Å². The molecule has 0 N–H and O–H groups in total. The van der Waals surface area contributed by atoms with Gasteiger partial charge in [-0.1, -0.05) is 29.3 Å². The number of hydrogen-bond donors (Lipinski definition) is 0. The van der Waals surface area contributed by atoms with Gasteiger partial charge in [0, 0.05) is 17.4 Å². The van der Waals surface area contributed by atoms with Gasteiger partial charge in [-0.2, -0.15) is 5.10 Å². The Kier molecular flexibility index (Phi) is 5.06. The van der Waals surface area contributed by atoms with Crippen LogP contribution in [0.4, 0.5) is 0 Å². The van der Waals surface area contributed by atoms with E-state index in [9.17, 15) is 4.79 Å². The van der Waals surface area contributed by atoms with E-state index >= 15 is 0 Å². The van der Waals surface area contributed by atoms with Crippen LogP contribution in [0.1, 0.15) is 27.2 Å². The fraction of sp³-hybridized carbons (Fsp3) is 0.167. The number of carbonyl (C=O) groups excluding carboxylic acids is 1. The highest BCUT2D eigenvalue weighted by Crippen LogP contribution is 2.27. The average molecular weight is 376 g/mol. The van der Waals surface area contributed by atoms with Gasteiger partial charge in [0.25, 0.3) is 0 Å². The summed E-state index contributed by atoms with van der Waals surface area (Å²) in [5.74, 6) is -0.524.